The summed E-state index contributed by atoms with van der Waals surface area (Å²) in [5, 5.41) is 16.4. The first-order valence-electron chi connectivity index (χ1n) is 23.3. The van der Waals surface area contributed by atoms with Gasteiger partial charge in [0.25, 0.3) is 0 Å². The van der Waals surface area contributed by atoms with Crippen LogP contribution in [0.15, 0.2) is 69.6 Å². The minimum absolute atomic E-state index is 0.160. The third kappa shape index (κ3) is 21.8. The van der Waals surface area contributed by atoms with Gasteiger partial charge in [-0.1, -0.05) is 143 Å². The normalized spacial score (nSPS) is 11.3. The number of amides is 6. The number of hydrogen-bond acceptors (Lipinski definition) is 6. The van der Waals surface area contributed by atoms with Crippen LogP contribution in [-0.2, 0) is 38.5 Å². The molecule has 0 aliphatic heterocycles. The fourth-order valence-electron chi connectivity index (χ4n) is 6.39. The molecule has 0 radical (unpaired) electrons. The monoisotopic (exact) mass is 885 g/mol. The SMILES string of the molecule is CCCCCN=C(N)NC(=O)Nc1c(CC)cccc1CC.CCCCN=C(N)NC(=O)Nc1c(CC)cccc1CC.CCCCN=C(N)NC(=O)Nc1c(CC)cccc1CC. The van der Waals surface area contributed by atoms with E-state index in [2.05, 4.69) is 109 Å². The number of nitrogens with zero attached hydrogens (tertiary/aromatic N) is 3. The molecule has 15 heteroatoms. The Labute approximate surface area is 383 Å². The second-order valence-corrected chi connectivity index (χ2v) is 14.9. The number of nitrogens with two attached hydrogens (primary N) is 3. The van der Waals surface area contributed by atoms with Gasteiger partial charge >= 0.3 is 18.1 Å². The molecule has 0 atom stereocenters. The molecule has 12 N–H and O–H groups in total. The highest BCUT2D eigenvalue weighted by atomic mass is 16.2. The van der Waals surface area contributed by atoms with Crippen LogP contribution in [0.4, 0.5) is 31.4 Å². The molecule has 64 heavy (non-hydrogen) atoms. The standard InChI is InChI=1S/C17H28N4O.2C16H26N4O/c1-4-7-8-12-19-16(18)21-17(22)20-15-13(5-2)10-9-11-14(15)6-3;2*1-4-7-11-18-15(17)20-16(21)19-14-12(5-2)9-8-10-13(14)6-3/h9-11H,4-8,12H2,1-3H3,(H4,18,19,20,21,22);2*8-10H,4-7,11H2,1-3H3,(H4,17,18,19,20,21). The molecule has 15 nitrogen and oxygen atoms in total. The average Bonchev–Trinajstić information content (AvgIpc) is 3.28. The summed E-state index contributed by atoms with van der Waals surface area (Å²) in [5.74, 6) is 0.488. The number of hydrogen-bond donors (Lipinski definition) is 9. The first-order chi connectivity index (χ1) is 30.9. The molecule has 0 saturated heterocycles. The fourth-order valence-corrected chi connectivity index (χ4v) is 6.39. The lowest BCUT2D eigenvalue weighted by atomic mass is 10.0. The zero-order chi connectivity index (χ0) is 47.7. The van der Waals surface area contributed by atoms with E-state index in [1.54, 1.807) is 0 Å². The minimum Gasteiger partial charge on any atom is -0.370 e. The van der Waals surface area contributed by atoms with Crippen molar-refractivity contribution in [3.8, 4) is 0 Å². The lowest BCUT2D eigenvalue weighted by Crippen LogP contribution is -2.40. The Bertz CT molecular complexity index is 1790. The topological polar surface area (TPSA) is 239 Å². The van der Waals surface area contributed by atoms with Crippen LogP contribution >= 0.6 is 0 Å². The molecule has 0 aromatic heterocycles. The molecule has 0 fully saturated rings. The number of guanidine groups is 3. The van der Waals surface area contributed by atoms with E-state index in [1.165, 1.54) is 0 Å². The van der Waals surface area contributed by atoms with Crippen molar-refractivity contribution < 1.29 is 14.4 Å². The quantitative estimate of drug-likeness (QED) is 0.0322. The molecule has 3 aromatic carbocycles. The summed E-state index contributed by atoms with van der Waals surface area (Å²) in [6, 6.07) is 17.2. The highest BCUT2D eigenvalue weighted by molar-refractivity contribution is 6.04. The summed E-state index contributed by atoms with van der Waals surface area (Å²) in [6.45, 7) is 20.6. The van der Waals surface area contributed by atoms with Crippen LogP contribution in [0.2, 0.25) is 0 Å². The van der Waals surface area contributed by atoms with Gasteiger partial charge in [-0.2, -0.15) is 0 Å². The van der Waals surface area contributed by atoms with Gasteiger partial charge in [0.1, 0.15) is 0 Å². The maximum Gasteiger partial charge on any atom is 0.326 e. The van der Waals surface area contributed by atoms with Crippen LogP contribution in [0.25, 0.3) is 0 Å². The zero-order valence-electron chi connectivity index (χ0n) is 40.3. The first-order valence-corrected chi connectivity index (χ1v) is 23.3. The summed E-state index contributed by atoms with van der Waals surface area (Å²) < 4.78 is 0. The van der Waals surface area contributed by atoms with Crippen molar-refractivity contribution in [1.82, 2.24) is 16.0 Å². The molecule has 0 heterocycles. The van der Waals surface area contributed by atoms with Crippen molar-refractivity contribution >= 4 is 53.0 Å². The molecule has 0 saturated carbocycles. The number of rotatable bonds is 19. The van der Waals surface area contributed by atoms with Gasteiger partial charge in [-0.3, -0.25) is 30.9 Å². The van der Waals surface area contributed by atoms with Crippen LogP contribution in [0, 0.1) is 0 Å². The molecule has 0 aliphatic carbocycles. The van der Waals surface area contributed by atoms with Gasteiger partial charge in [0, 0.05) is 36.7 Å². The van der Waals surface area contributed by atoms with E-state index in [1.807, 2.05) is 54.6 Å². The summed E-state index contributed by atoms with van der Waals surface area (Å²) in [5.41, 5.74) is 26.4. The lowest BCUT2D eigenvalue weighted by molar-refractivity contribution is 0.255. The molecular formula is C49H80N12O3. The summed E-state index contributed by atoms with van der Waals surface area (Å²) >= 11 is 0. The Morgan fingerprint density at radius 2 is 0.625 bits per heavy atom. The second-order valence-electron chi connectivity index (χ2n) is 14.9. The number of anilines is 3. The molecular weight excluding hydrogens is 805 g/mol. The number of carbonyl (C=O) groups is 3. The Balaban J connectivity index is 0.000000480. The van der Waals surface area contributed by atoms with Crippen LogP contribution in [-0.4, -0.2) is 55.6 Å². The third-order valence-electron chi connectivity index (χ3n) is 10.1. The van der Waals surface area contributed by atoms with Gasteiger partial charge < -0.3 is 33.2 Å². The number of carbonyl (C=O) groups excluding carboxylic acids is 3. The number of benzene rings is 3. The maximum atomic E-state index is 12.1. The van der Waals surface area contributed by atoms with E-state index in [0.29, 0.717) is 19.6 Å². The smallest absolute Gasteiger partial charge is 0.326 e. The Morgan fingerprint density at radius 3 is 0.844 bits per heavy atom. The van der Waals surface area contributed by atoms with Gasteiger partial charge in [0.05, 0.1) is 0 Å². The van der Waals surface area contributed by atoms with Crippen molar-refractivity contribution in [1.29, 1.82) is 0 Å². The second kappa shape index (κ2) is 33.4. The van der Waals surface area contributed by atoms with Crippen molar-refractivity contribution in [2.24, 2.45) is 32.2 Å². The Morgan fingerprint density at radius 1 is 0.391 bits per heavy atom. The van der Waals surface area contributed by atoms with E-state index in [9.17, 15) is 14.4 Å². The molecule has 0 spiro atoms. The van der Waals surface area contributed by atoms with Crippen molar-refractivity contribution in [3.05, 3.63) is 88.0 Å². The largest absolute Gasteiger partial charge is 0.370 e. The number of aryl methyl sites for hydroxylation is 6. The molecule has 3 rings (SSSR count). The van der Waals surface area contributed by atoms with Gasteiger partial charge in [-0.15, -0.1) is 0 Å². The Hall–Kier alpha value is -6.12. The third-order valence-corrected chi connectivity index (χ3v) is 10.1. The molecule has 354 valence electrons. The summed E-state index contributed by atoms with van der Waals surface area (Å²) in [6.07, 6.45) is 12.4. The molecule has 6 amide bonds. The predicted octanol–water partition coefficient (Wildman–Crippen LogP) is 9.53. The Kier molecular flexibility index (Phi) is 29.2. The van der Waals surface area contributed by atoms with Crippen LogP contribution in [0.5, 0.6) is 0 Å². The average molecular weight is 885 g/mol. The maximum absolute atomic E-state index is 12.1. The lowest BCUT2D eigenvalue weighted by Gasteiger charge is -2.14. The molecule has 3 aromatic rings. The number of nitrogens with one attached hydrogen (secondary N) is 6. The van der Waals surface area contributed by atoms with E-state index >= 15 is 0 Å². The van der Waals surface area contributed by atoms with E-state index < -0.39 is 0 Å². The number of urea groups is 3. The van der Waals surface area contributed by atoms with Gasteiger partial charge in [0.15, 0.2) is 17.9 Å². The first kappa shape index (κ1) is 55.9. The number of para-hydroxylation sites is 3. The van der Waals surface area contributed by atoms with E-state index in [0.717, 1.165) is 134 Å². The van der Waals surface area contributed by atoms with Gasteiger partial charge in [-0.05, 0) is 91.2 Å². The number of unbranched alkanes of at least 4 members (excludes halogenated alkanes) is 4. The van der Waals surface area contributed by atoms with E-state index in [4.69, 9.17) is 17.2 Å². The van der Waals surface area contributed by atoms with Gasteiger partial charge in [-0.25, -0.2) is 14.4 Å². The van der Waals surface area contributed by atoms with Crippen molar-refractivity contribution in [2.75, 3.05) is 35.6 Å². The van der Waals surface area contributed by atoms with Crippen LogP contribution in [0.1, 0.15) is 141 Å². The fraction of sp³-hybridized carbons (Fsp3) is 0.510. The van der Waals surface area contributed by atoms with Gasteiger partial charge in [0.2, 0.25) is 0 Å². The van der Waals surface area contributed by atoms with Crippen LogP contribution < -0.4 is 49.1 Å². The molecule has 0 unspecified atom stereocenters. The van der Waals surface area contributed by atoms with Crippen molar-refractivity contribution in [2.45, 2.75) is 146 Å². The van der Waals surface area contributed by atoms with E-state index in [-0.39, 0.29) is 36.0 Å². The highest BCUT2D eigenvalue weighted by Crippen LogP contribution is 2.24. The molecule has 0 aliphatic rings. The van der Waals surface area contributed by atoms with Crippen molar-refractivity contribution in [3.63, 3.8) is 0 Å². The van der Waals surface area contributed by atoms with Crippen LogP contribution in [0.3, 0.4) is 0 Å². The zero-order valence-corrected chi connectivity index (χ0v) is 40.3. The summed E-state index contributed by atoms with van der Waals surface area (Å²) in [4.78, 5) is 48.4. The minimum atomic E-state index is -0.344. The summed E-state index contributed by atoms with van der Waals surface area (Å²) in [7, 11) is 0. The predicted molar refractivity (Wildman–Crippen MR) is 271 cm³/mol. The number of aliphatic imine (C=N–C) groups is 3. The molecule has 0 bridgehead atoms. The highest BCUT2D eigenvalue weighted by Gasteiger charge is 2.13.